The number of sulfonamides is 1. The van der Waals surface area contributed by atoms with Crippen molar-refractivity contribution in [3.05, 3.63) is 28.8 Å². The number of aryl methyl sites for hydroxylation is 1. The number of benzene rings is 1. The lowest BCUT2D eigenvalue weighted by molar-refractivity contribution is 0.0988. The van der Waals surface area contributed by atoms with Crippen LogP contribution in [0.4, 0.5) is 0 Å². The maximum atomic E-state index is 11.8. The van der Waals surface area contributed by atoms with Crippen molar-refractivity contribution in [3.8, 4) is 0 Å². The molecule has 3 N–H and O–H groups in total. The minimum absolute atomic E-state index is 0.0464. The highest BCUT2D eigenvalue weighted by Gasteiger charge is 2.18. The summed E-state index contributed by atoms with van der Waals surface area (Å²) in [5.41, 5.74) is 0.851. The molecule has 0 saturated carbocycles. The van der Waals surface area contributed by atoms with Gasteiger partial charge in [-0.1, -0.05) is 17.7 Å². The summed E-state index contributed by atoms with van der Waals surface area (Å²) < 4.78 is 25.8. The Labute approximate surface area is 105 Å². The smallest absolute Gasteiger partial charge is 0.242 e. The molecule has 1 atom stereocenters. The van der Waals surface area contributed by atoms with Gasteiger partial charge in [-0.2, -0.15) is 0 Å². The highest BCUT2D eigenvalue weighted by Crippen LogP contribution is 2.22. The van der Waals surface area contributed by atoms with Gasteiger partial charge in [-0.05, 0) is 24.6 Å². The topological polar surface area (TPSA) is 86.6 Å². The Balaban J connectivity index is 2.90. The van der Waals surface area contributed by atoms with Crippen LogP contribution in [0.15, 0.2) is 23.1 Å². The quantitative estimate of drug-likeness (QED) is 0.723. The predicted molar refractivity (Wildman–Crippen MR) is 64.5 cm³/mol. The van der Waals surface area contributed by atoms with Gasteiger partial charge >= 0.3 is 0 Å². The number of halogens is 1. The molecule has 0 heterocycles. The van der Waals surface area contributed by atoms with Crippen LogP contribution in [0.25, 0.3) is 0 Å². The van der Waals surface area contributed by atoms with Crippen molar-refractivity contribution in [2.45, 2.75) is 17.9 Å². The third kappa shape index (κ3) is 3.93. The van der Waals surface area contributed by atoms with Crippen LogP contribution in [0.3, 0.4) is 0 Å². The highest BCUT2D eigenvalue weighted by atomic mass is 35.5. The first-order chi connectivity index (χ1) is 7.86. The molecule has 0 aromatic heterocycles. The molecule has 0 bridgehead atoms. The molecule has 0 amide bonds. The summed E-state index contributed by atoms with van der Waals surface area (Å²) in [6, 6.07) is 4.56. The van der Waals surface area contributed by atoms with Gasteiger partial charge < -0.3 is 10.2 Å². The zero-order valence-corrected chi connectivity index (χ0v) is 10.8. The SMILES string of the molecule is Cc1ccc(S(=O)(=O)NCC(O)CO)c(Cl)c1. The molecule has 1 aromatic rings. The van der Waals surface area contributed by atoms with Crippen molar-refractivity contribution >= 4 is 21.6 Å². The minimum Gasteiger partial charge on any atom is -0.394 e. The van der Waals surface area contributed by atoms with Crippen molar-refractivity contribution in [1.29, 1.82) is 0 Å². The fourth-order valence-electron chi connectivity index (χ4n) is 1.17. The average molecular weight is 280 g/mol. The molecule has 5 nitrogen and oxygen atoms in total. The van der Waals surface area contributed by atoms with Gasteiger partial charge in [-0.3, -0.25) is 0 Å². The van der Waals surface area contributed by atoms with E-state index in [1.807, 2.05) is 0 Å². The number of aliphatic hydroxyl groups excluding tert-OH is 2. The standard InChI is InChI=1S/C10H14ClNO4S/c1-7-2-3-10(9(11)4-7)17(15,16)12-5-8(14)6-13/h2-4,8,12-14H,5-6H2,1H3. The Morgan fingerprint density at radius 2 is 2.12 bits per heavy atom. The Kier molecular flexibility index (Phi) is 4.91. The van der Waals surface area contributed by atoms with Crippen LogP contribution in [-0.2, 0) is 10.0 Å². The van der Waals surface area contributed by atoms with Crippen LogP contribution < -0.4 is 4.72 Å². The Hall–Kier alpha value is -0.660. The van der Waals surface area contributed by atoms with Gasteiger partial charge in [-0.15, -0.1) is 0 Å². The van der Waals surface area contributed by atoms with Crippen molar-refractivity contribution in [2.24, 2.45) is 0 Å². The van der Waals surface area contributed by atoms with Crippen LogP contribution >= 0.6 is 11.6 Å². The maximum absolute atomic E-state index is 11.8. The van der Waals surface area contributed by atoms with Gasteiger partial charge in [0.25, 0.3) is 0 Å². The molecular formula is C10H14ClNO4S. The number of aliphatic hydroxyl groups is 2. The molecule has 1 rings (SSSR count). The van der Waals surface area contributed by atoms with Gasteiger partial charge in [0.1, 0.15) is 4.90 Å². The highest BCUT2D eigenvalue weighted by molar-refractivity contribution is 7.89. The molecule has 1 unspecified atom stereocenters. The van der Waals surface area contributed by atoms with E-state index in [1.165, 1.54) is 6.07 Å². The first kappa shape index (κ1) is 14.4. The molecule has 0 saturated heterocycles. The molecule has 7 heteroatoms. The monoisotopic (exact) mass is 279 g/mol. The lowest BCUT2D eigenvalue weighted by Crippen LogP contribution is -2.34. The third-order valence-corrected chi connectivity index (χ3v) is 4.00. The summed E-state index contributed by atoms with van der Waals surface area (Å²) in [4.78, 5) is -0.0464. The van der Waals surface area contributed by atoms with Crippen LogP contribution in [-0.4, -0.2) is 37.9 Å². The maximum Gasteiger partial charge on any atom is 0.242 e. The van der Waals surface area contributed by atoms with Gasteiger partial charge in [0, 0.05) is 6.54 Å². The molecule has 17 heavy (non-hydrogen) atoms. The van der Waals surface area contributed by atoms with E-state index in [0.29, 0.717) is 0 Å². The van der Waals surface area contributed by atoms with Crippen LogP contribution in [0.1, 0.15) is 5.56 Å². The van der Waals surface area contributed by atoms with E-state index in [-0.39, 0.29) is 16.5 Å². The molecule has 0 fully saturated rings. The summed E-state index contributed by atoms with van der Waals surface area (Å²) in [5, 5.41) is 17.8. The Bertz CT molecular complexity index is 489. The zero-order valence-electron chi connectivity index (χ0n) is 9.22. The van der Waals surface area contributed by atoms with Crippen LogP contribution in [0.2, 0.25) is 5.02 Å². The second-order valence-electron chi connectivity index (χ2n) is 3.62. The van der Waals surface area contributed by atoms with E-state index in [2.05, 4.69) is 4.72 Å². The van der Waals surface area contributed by atoms with Crippen molar-refractivity contribution < 1.29 is 18.6 Å². The first-order valence-corrected chi connectivity index (χ1v) is 6.77. The van der Waals surface area contributed by atoms with E-state index in [1.54, 1.807) is 19.1 Å². The van der Waals surface area contributed by atoms with E-state index >= 15 is 0 Å². The summed E-state index contributed by atoms with van der Waals surface area (Å²) in [7, 11) is -3.77. The molecule has 0 spiro atoms. The van der Waals surface area contributed by atoms with Crippen molar-refractivity contribution in [3.63, 3.8) is 0 Å². The molecule has 0 aliphatic carbocycles. The van der Waals surface area contributed by atoms with E-state index in [4.69, 9.17) is 21.8 Å². The summed E-state index contributed by atoms with van der Waals surface area (Å²) in [5.74, 6) is 0. The lowest BCUT2D eigenvalue weighted by Gasteiger charge is -2.11. The van der Waals surface area contributed by atoms with E-state index < -0.39 is 22.7 Å². The number of nitrogens with one attached hydrogen (secondary N) is 1. The van der Waals surface area contributed by atoms with E-state index in [9.17, 15) is 8.42 Å². The number of rotatable bonds is 5. The summed E-state index contributed by atoms with van der Waals surface area (Å²) >= 11 is 5.83. The van der Waals surface area contributed by atoms with Gasteiger partial charge in [0.2, 0.25) is 10.0 Å². The Morgan fingerprint density at radius 3 is 2.65 bits per heavy atom. The molecular weight excluding hydrogens is 266 g/mol. The fourth-order valence-corrected chi connectivity index (χ4v) is 2.84. The number of hydrogen-bond acceptors (Lipinski definition) is 4. The van der Waals surface area contributed by atoms with Crippen LogP contribution in [0, 0.1) is 6.92 Å². The zero-order chi connectivity index (χ0) is 13.1. The summed E-state index contributed by atoms with van der Waals surface area (Å²) in [6.45, 7) is 1.03. The average Bonchev–Trinajstić information content (AvgIpc) is 2.25. The molecule has 0 aliphatic rings. The predicted octanol–water partition coefficient (Wildman–Crippen LogP) is 0.280. The van der Waals surface area contributed by atoms with Gasteiger partial charge in [0.05, 0.1) is 17.7 Å². The molecule has 0 radical (unpaired) electrons. The van der Waals surface area contributed by atoms with E-state index in [0.717, 1.165) is 5.56 Å². The number of hydrogen-bond donors (Lipinski definition) is 3. The minimum atomic E-state index is -3.77. The second-order valence-corrected chi connectivity index (χ2v) is 5.76. The molecule has 0 aliphatic heterocycles. The molecule has 1 aromatic carbocycles. The van der Waals surface area contributed by atoms with Gasteiger partial charge in [0.15, 0.2) is 0 Å². The first-order valence-electron chi connectivity index (χ1n) is 4.91. The second kappa shape index (κ2) is 5.79. The summed E-state index contributed by atoms with van der Waals surface area (Å²) in [6.07, 6.45) is -1.13. The van der Waals surface area contributed by atoms with Crippen molar-refractivity contribution in [1.82, 2.24) is 4.72 Å². The van der Waals surface area contributed by atoms with Crippen molar-refractivity contribution in [2.75, 3.05) is 13.2 Å². The van der Waals surface area contributed by atoms with Gasteiger partial charge in [-0.25, -0.2) is 13.1 Å². The lowest BCUT2D eigenvalue weighted by atomic mass is 10.2. The third-order valence-electron chi connectivity index (χ3n) is 2.10. The molecule has 96 valence electrons. The fraction of sp³-hybridized carbons (Fsp3) is 0.400. The Morgan fingerprint density at radius 1 is 1.47 bits per heavy atom. The largest absolute Gasteiger partial charge is 0.394 e. The normalized spacial score (nSPS) is 13.6. The van der Waals surface area contributed by atoms with Crippen LogP contribution in [0.5, 0.6) is 0 Å².